The van der Waals surface area contributed by atoms with E-state index in [1.54, 1.807) is 18.0 Å². The van der Waals surface area contributed by atoms with Gasteiger partial charge < -0.3 is 0 Å². The molecule has 0 radical (unpaired) electrons. The smallest absolute Gasteiger partial charge is 0.119 e. The monoisotopic (exact) mass is 313 g/mol. The topological polar surface area (TPSA) is 12.9 Å². The Bertz CT molecular complexity index is 516. The van der Waals surface area contributed by atoms with Gasteiger partial charge in [-0.25, -0.2) is 4.98 Å². The van der Waals surface area contributed by atoms with E-state index in [0.717, 1.165) is 14.4 Å². The van der Waals surface area contributed by atoms with Gasteiger partial charge in [0.1, 0.15) is 5.03 Å². The van der Waals surface area contributed by atoms with Crippen LogP contribution >= 0.6 is 39.3 Å². The Hall–Kier alpha value is -0.510. The van der Waals surface area contributed by atoms with Crippen molar-refractivity contribution in [2.45, 2.75) is 16.8 Å². The van der Waals surface area contributed by atoms with E-state index in [4.69, 9.17) is 11.6 Å². The fourth-order valence-corrected chi connectivity index (χ4v) is 2.89. The molecule has 0 bridgehead atoms. The summed E-state index contributed by atoms with van der Waals surface area (Å²) in [5, 5.41) is 1.50. The average Bonchev–Trinajstić information content (AvgIpc) is 2.22. The van der Waals surface area contributed by atoms with Gasteiger partial charge in [0.25, 0.3) is 0 Å². The summed E-state index contributed by atoms with van der Waals surface area (Å²) in [6.07, 6.45) is 1.75. The van der Waals surface area contributed by atoms with E-state index in [2.05, 4.69) is 46.0 Å². The highest BCUT2D eigenvalue weighted by Gasteiger charge is 2.05. The maximum Gasteiger partial charge on any atom is 0.119 e. The zero-order valence-corrected chi connectivity index (χ0v) is 11.7. The van der Waals surface area contributed by atoms with Crippen molar-refractivity contribution in [2.24, 2.45) is 0 Å². The van der Waals surface area contributed by atoms with Gasteiger partial charge in [-0.05, 0) is 41.1 Å². The summed E-state index contributed by atoms with van der Waals surface area (Å²) < 4.78 is 0.895. The second-order valence-electron chi connectivity index (χ2n) is 3.36. The van der Waals surface area contributed by atoms with Crippen molar-refractivity contribution in [3.8, 4) is 0 Å². The Morgan fingerprint density at radius 3 is 2.81 bits per heavy atom. The Morgan fingerprint density at radius 2 is 2.12 bits per heavy atom. The molecule has 0 aliphatic heterocycles. The van der Waals surface area contributed by atoms with Crippen LogP contribution in [0, 0.1) is 6.92 Å². The van der Waals surface area contributed by atoms with Crippen LogP contribution in [0.2, 0.25) is 5.02 Å². The quantitative estimate of drug-likeness (QED) is 0.777. The van der Waals surface area contributed by atoms with Crippen LogP contribution in [0.5, 0.6) is 0 Å². The predicted molar refractivity (Wildman–Crippen MR) is 72.2 cm³/mol. The molecular weight excluding hydrogens is 306 g/mol. The minimum absolute atomic E-state index is 0.667. The summed E-state index contributed by atoms with van der Waals surface area (Å²) in [4.78, 5) is 5.44. The summed E-state index contributed by atoms with van der Waals surface area (Å²) >= 11 is 11.0. The minimum Gasteiger partial charge on any atom is -0.247 e. The zero-order valence-electron chi connectivity index (χ0n) is 8.58. The predicted octanol–water partition coefficient (Wildman–Crippen LogP) is 4.96. The molecule has 2 rings (SSSR count). The summed E-state index contributed by atoms with van der Waals surface area (Å²) in [6, 6.07) is 10.1. The third-order valence-corrected chi connectivity index (χ3v) is 3.82. The van der Waals surface area contributed by atoms with Gasteiger partial charge in [0.15, 0.2) is 0 Å². The van der Waals surface area contributed by atoms with Gasteiger partial charge in [-0.3, -0.25) is 0 Å². The van der Waals surface area contributed by atoms with E-state index in [-0.39, 0.29) is 0 Å². The molecule has 0 atom stereocenters. The molecule has 0 aliphatic rings. The first-order valence-corrected chi connectivity index (χ1v) is 6.69. The van der Waals surface area contributed by atoms with E-state index in [0.29, 0.717) is 5.02 Å². The summed E-state index contributed by atoms with van der Waals surface area (Å²) in [5.74, 6) is 0. The van der Waals surface area contributed by atoms with Gasteiger partial charge in [-0.1, -0.05) is 41.1 Å². The van der Waals surface area contributed by atoms with Crippen molar-refractivity contribution >= 4 is 39.3 Å². The van der Waals surface area contributed by atoms with Gasteiger partial charge in [0, 0.05) is 15.6 Å². The van der Waals surface area contributed by atoms with Gasteiger partial charge in [-0.2, -0.15) is 0 Å². The number of halogens is 2. The van der Waals surface area contributed by atoms with Crippen molar-refractivity contribution in [3.05, 3.63) is 51.6 Å². The molecule has 2 aromatic rings. The number of aromatic nitrogens is 1. The lowest BCUT2D eigenvalue weighted by Crippen LogP contribution is -1.82. The van der Waals surface area contributed by atoms with Crippen molar-refractivity contribution in [1.82, 2.24) is 4.98 Å². The molecule has 4 heteroatoms. The highest BCUT2D eigenvalue weighted by molar-refractivity contribution is 9.10. The summed E-state index contributed by atoms with van der Waals surface area (Å²) in [5.41, 5.74) is 1.23. The number of rotatable bonds is 2. The van der Waals surface area contributed by atoms with Crippen LogP contribution in [-0.4, -0.2) is 4.98 Å². The molecule has 0 spiro atoms. The molecule has 0 amide bonds. The van der Waals surface area contributed by atoms with Crippen LogP contribution in [0.3, 0.4) is 0 Å². The number of pyridine rings is 1. The van der Waals surface area contributed by atoms with Gasteiger partial charge in [0.05, 0.1) is 5.02 Å². The number of nitrogens with zero attached hydrogens (tertiary/aromatic N) is 1. The molecule has 0 N–H and O–H groups in total. The minimum atomic E-state index is 0.667. The van der Waals surface area contributed by atoms with Gasteiger partial charge >= 0.3 is 0 Å². The Balaban J connectivity index is 2.27. The third-order valence-electron chi connectivity index (χ3n) is 1.98. The molecule has 0 unspecified atom stereocenters. The molecule has 0 fully saturated rings. The van der Waals surface area contributed by atoms with Crippen LogP contribution in [0.1, 0.15) is 5.56 Å². The van der Waals surface area contributed by atoms with E-state index < -0.39 is 0 Å². The van der Waals surface area contributed by atoms with Crippen LogP contribution in [0.4, 0.5) is 0 Å². The highest BCUT2D eigenvalue weighted by Crippen LogP contribution is 2.32. The lowest BCUT2D eigenvalue weighted by atomic mass is 10.2. The molecular formula is C12H9BrClNS. The largest absolute Gasteiger partial charge is 0.247 e. The number of aryl methyl sites for hydroxylation is 1. The van der Waals surface area contributed by atoms with Crippen molar-refractivity contribution in [1.29, 1.82) is 0 Å². The average molecular weight is 315 g/mol. The molecule has 0 saturated carbocycles. The molecule has 1 heterocycles. The zero-order chi connectivity index (χ0) is 11.5. The molecule has 0 saturated heterocycles. The lowest BCUT2D eigenvalue weighted by Gasteiger charge is -2.04. The second-order valence-corrected chi connectivity index (χ2v) is 5.74. The van der Waals surface area contributed by atoms with Crippen molar-refractivity contribution in [2.75, 3.05) is 0 Å². The second kappa shape index (κ2) is 5.21. The maximum atomic E-state index is 6.11. The summed E-state index contributed by atoms with van der Waals surface area (Å²) in [7, 11) is 0. The van der Waals surface area contributed by atoms with E-state index in [1.165, 1.54) is 5.56 Å². The lowest BCUT2D eigenvalue weighted by molar-refractivity contribution is 1.12. The third kappa shape index (κ3) is 3.00. The Morgan fingerprint density at radius 1 is 1.31 bits per heavy atom. The van der Waals surface area contributed by atoms with E-state index in [9.17, 15) is 0 Å². The summed E-state index contributed by atoms with van der Waals surface area (Å²) in [6.45, 7) is 2.07. The van der Waals surface area contributed by atoms with Crippen molar-refractivity contribution in [3.63, 3.8) is 0 Å². The first-order valence-electron chi connectivity index (χ1n) is 4.71. The fourth-order valence-electron chi connectivity index (χ4n) is 1.27. The van der Waals surface area contributed by atoms with Gasteiger partial charge in [-0.15, -0.1) is 0 Å². The van der Waals surface area contributed by atoms with Crippen LogP contribution < -0.4 is 0 Å². The van der Waals surface area contributed by atoms with Crippen molar-refractivity contribution < 1.29 is 0 Å². The first-order chi connectivity index (χ1) is 7.65. The molecule has 1 aromatic carbocycles. The molecule has 1 aromatic heterocycles. The number of hydrogen-bond donors (Lipinski definition) is 0. The van der Waals surface area contributed by atoms with Crippen LogP contribution in [-0.2, 0) is 0 Å². The molecule has 1 nitrogen and oxygen atoms in total. The molecule has 16 heavy (non-hydrogen) atoms. The number of benzene rings is 1. The Labute approximate surface area is 112 Å². The molecule has 82 valence electrons. The molecule has 0 aliphatic carbocycles. The van der Waals surface area contributed by atoms with E-state index in [1.807, 2.05) is 12.1 Å². The maximum absolute atomic E-state index is 6.11. The normalized spacial score (nSPS) is 10.4. The standard InChI is InChI=1S/C12H9BrClNS/c1-8-3-2-4-10(5-8)16-12-11(14)6-9(13)7-15-12/h2-7H,1H3. The number of hydrogen-bond acceptors (Lipinski definition) is 2. The van der Waals surface area contributed by atoms with Crippen LogP contribution in [0.15, 0.2) is 50.9 Å². The van der Waals surface area contributed by atoms with Crippen LogP contribution in [0.25, 0.3) is 0 Å². The van der Waals surface area contributed by atoms with Gasteiger partial charge in [0.2, 0.25) is 0 Å². The SMILES string of the molecule is Cc1cccc(Sc2ncc(Br)cc2Cl)c1. The fraction of sp³-hybridized carbons (Fsp3) is 0.0833. The Kier molecular flexibility index (Phi) is 3.90. The van der Waals surface area contributed by atoms with E-state index >= 15 is 0 Å². The highest BCUT2D eigenvalue weighted by atomic mass is 79.9. The first kappa shape index (κ1) is 12.0.